The molecule has 0 aromatic rings. The Bertz CT molecular complexity index is 102. The van der Waals surface area contributed by atoms with E-state index in [0.29, 0.717) is 12.6 Å². The maximum Gasteiger partial charge on any atom is 0.169 e. The van der Waals surface area contributed by atoms with E-state index in [9.17, 15) is 0 Å². The summed E-state index contributed by atoms with van der Waals surface area (Å²) in [5.41, 5.74) is 0. The summed E-state index contributed by atoms with van der Waals surface area (Å²) in [6.45, 7) is 4.54. The van der Waals surface area contributed by atoms with Crippen molar-refractivity contribution in [3.63, 3.8) is 0 Å². The molecule has 3 nitrogen and oxygen atoms in total. The van der Waals surface area contributed by atoms with Gasteiger partial charge in [0, 0.05) is 6.04 Å². The highest BCUT2D eigenvalue weighted by molar-refractivity contribution is 8.93. The predicted molar refractivity (Wildman–Crippen MR) is 44.3 cm³/mol. The van der Waals surface area contributed by atoms with E-state index in [1.54, 1.807) is 0 Å². The van der Waals surface area contributed by atoms with Crippen molar-refractivity contribution in [1.29, 1.82) is 0 Å². The molecule has 0 radical (unpaired) electrons. The van der Waals surface area contributed by atoms with Crippen LogP contribution in [0, 0.1) is 0 Å². The topological polar surface area (TPSA) is 41.5 Å². The molecule has 1 fully saturated rings. The average molecular weight is 212 g/mol. The number of morpholine rings is 1. The van der Waals surface area contributed by atoms with Gasteiger partial charge in [0.15, 0.2) is 6.29 Å². The minimum Gasteiger partial charge on any atom is -0.367 e. The van der Waals surface area contributed by atoms with E-state index in [1.807, 2.05) is 13.8 Å². The molecule has 0 bridgehead atoms. The first-order valence-corrected chi connectivity index (χ1v) is 3.26. The van der Waals surface area contributed by atoms with E-state index in [-0.39, 0.29) is 23.0 Å². The molecule has 1 rings (SSSR count). The maximum absolute atomic E-state index is 9.01. The molecule has 0 amide bonds. The molecule has 1 aliphatic rings. The third-order valence-corrected chi connectivity index (χ3v) is 1.49. The molecule has 4 heteroatoms. The summed E-state index contributed by atoms with van der Waals surface area (Å²) in [4.78, 5) is 0. The summed E-state index contributed by atoms with van der Waals surface area (Å²) in [5.74, 6) is 0. The zero-order valence-corrected chi connectivity index (χ0v) is 7.92. The molecule has 3 atom stereocenters. The Morgan fingerprint density at radius 2 is 2.10 bits per heavy atom. The normalized spacial score (nSPS) is 40.5. The molecular weight excluding hydrogens is 198 g/mol. The molecular formula is C6H14BrNO2. The second-order valence-electron chi connectivity index (χ2n) is 2.58. The lowest BCUT2D eigenvalue weighted by atomic mass is 10.2. The van der Waals surface area contributed by atoms with Gasteiger partial charge in [-0.25, -0.2) is 0 Å². The molecule has 0 spiro atoms. The number of aliphatic hydroxyl groups excluding tert-OH is 1. The lowest BCUT2D eigenvalue weighted by Gasteiger charge is -2.30. The van der Waals surface area contributed by atoms with Crippen molar-refractivity contribution in [2.45, 2.75) is 32.2 Å². The van der Waals surface area contributed by atoms with Crippen molar-refractivity contribution >= 4 is 17.0 Å². The average Bonchev–Trinajstić information content (AvgIpc) is 1.80. The Balaban J connectivity index is 0.000000810. The smallest absolute Gasteiger partial charge is 0.169 e. The van der Waals surface area contributed by atoms with Crippen LogP contribution in [0.25, 0.3) is 0 Å². The number of halogens is 1. The third kappa shape index (κ3) is 2.54. The number of hydrogen-bond acceptors (Lipinski definition) is 3. The molecule has 3 unspecified atom stereocenters. The standard InChI is InChI=1S/C6H13NO2.BrH/c1-4-3-9-6(8)5(2)7-4;/h4-8H,3H2,1-2H3;1H. The number of nitrogens with one attached hydrogen (secondary N) is 1. The Morgan fingerprint density at radius 1 is 1.50 bits per heavy atom. The molecule has 0 aliphatic carbocycles. The van der Waals surface area contributed by atoms with Crippen LogP contribution in [0.1, 0.15) is 13.8 Å². The predicted octanol–water partition coefficient (Wildman–Crippen LogP) is 0.279. The lowest BCUT2D eigenvalue weighted by Crippen LogP contribution is -2.51. The molecule has 10 heavy (non-hydrogen) atoms. The number of aliphatic hydroxyl groups is 1. The number of hydrogen-bond donors (Lipinski definition) is 2. The SMILES string of the molecule is Br.CC1COC(O)C(C)N1. The monoisotopic (exact) mass is 211 g/mol. The Kier molecular flexibility index (Phi) is 4.44. The van der Waals surface area contributed by atoms with Crippen molar-refractivity contribution in [1.82, 2.24) is 5.32 Å². The van der Waals surface area contributed by atoms with Crippen molar-refractivity contribution in [2.24, 2.45) is 0 Å². The second kappa shape index (κ2) is 4.28. The molecule has 1 saturated heterocycles. The van der Waals surface area contributed by atoms with E-state index in [4.69, 9.17) is 9.84 Å². The molecule has 1 heterocycles. The van der Waals surface area contributed by atoms with E-state index in [1.165, 1.54) is 0 Å². The van der Waals surface area contributed by atoms with Crippen molar-refractivity contribution in [3.05, 3.63) is 0 Å². The highest BCUT2D eigenvalue weighted by Gasteiger charge is 2.22. The van der Waals surface area contributed by atoms with Gasteiger partial charge in [0.2, 0.25) is 0 Å². The zero-order valence-electron chi connectivity index (χ0n) is 6.20. The van der Waals surface area contributed by atoms with Gasteiger partial charge >= 0.3 is 0 Å². The highest BCUT2D eigenvalue weighted by atomic mass is 79.9. The van der Waals surface area contributed by atoms with Gasteiger partial charge < -0.3 is 15.2 Å². The number of ether oxygens (including phenoxy) is 1. The van der Waals surface area contributed by atoms with Crippen LogP contribution in [0.2, 0.25) is 0 Å². The van der Waals surface area contributed by atoms with Gasteiger partial charge in [-0.05, 0) is 13.8 Å². The Labute approximate surface area is 71.5 Å². The first-order valence-electron chi connectivity index (χ1n) is 3.26. The van der Waals surface area contributed by atoms with Gasteiger partial charge in [-0.1, -0.05) is 0 Å². The number of rotatable bonds is 0. The van der Waals surface area contributed by atoms with Gasteiger partial charge in [-0.3, -0.25) is 0 Å². The van der Waals surface area contributed by atoms with E-state index in [0.717, 1.165) is 0 Å². The molecule has 62 valence electrons. The van der Waals surface area contributed by atoms with Crippen LogP contribution in [0.5, 0.6) is 0 Å². The van der Waals surface area contributed by atoms with Crippen LogP contribution in [-0.4, -0.2) is 30.1 Å². The van der Waals surface area contributed by atoms with Crippen molar-refractivity contribution in [3.8, 4) is 0 Å². The van der Waals surface area contributed by atoms with Crippen LogP contribution in [0.4, 0.5) is 0 Å². The molecule has 0 saturated carbocycles. The van der Waals surface area contributed by atoms with Crippen molar-refractivity contribution in [2.75, 3.05) is 6.61 Å². The molecule has 0 aromatic heterocycles. The van der Waals surface area contributed by atoms with Crippen LogP contribution >= 0.6 is 17.0 Å². The summed E-state index contributed by atoms with van der Waals surface area (Å²) < 4.78 is 5.00. The van der Waals surface area contributed by atoms with Gasteiger partial charge in [-0.15, -0.1) is 17.0 Å². The minimum atomic E-state index is -0.624. The van der Waals surface area contributed by atoms with Crippen LogP contribution < -0.4 is 5.32 Å². The first-order chi connectivity index (χ1) is 4.20. The quantitative estimate of drug-likeness (QED) is 0.606. The van der Waals surface area contributed by atoms with Crippen LogP contribution in [0.15, 0.2) is 0 Å². The van der Waals surface area contributed by atoms with Crippen molar-refractivity contribution < 1.29 is 9.84 Å². The van der Waals surface area contributed by atoms with Crippen LogP contribution in [0.3, 0.4) is 0 Å². The summed E-state index contributed by atoms with van der Waals surface area (Å²) >= 11 is 0. The summed E-state index contributed by atoms with van der Waals surface area (Å²) in [6.07, 6.45) is -0.624. The third-order valence-electron chi connectivity index (χ3n) is 1.49. The Morgan fingerprint density at radius 3 is 2.50 bits per heavy atom. The van der Waals surface area contributed by atoms with Gasteiger partial charge in [0.25, 0.3) is 0 Å². The second-order valence-corrected chi connectivity index (χ2v) is 2.58. The fourth-order valence-electron chi connectivity index (χ4n) is 0.966. The van der Waals surface area contributed by atoms with Gasteiger partial charge in [0.05, 0.1) is 12.6 Å². The molecule has 0 aromatic carbocycles. The highest BCUT2D eigenvalue weighted by Crippen LogP contribution is 2.03. The summed E-state index contributed by atoms with van der Waals surface area (Å²) in [6, 6.07) is 0.428. The molecule has 2 N–H and O–H groups in total. The minimum absolute atomic E-state index is 0. The van der Waals surface area contributed by atoms with E-state index < -0.39 is 6.29 Å². The van der Waals surface area contributed by atoms with E-state index >= 15 is 0 Å². The summed E-state index contributed by atoms with van der Waals surface area (Å²) in [7, 11) is 0. The van der Waals surface area contributed by atoms with Gasteiger partial charge in [0.1, 0.15) is 0 Å². The maximum atomic E-state index is 9.01. The zero-order chi connectivity index (χ0) is 6.85. The largest absolute Gasteiger partial charge is 0.367 e. The fraction of sp³-hybridized carbons (Fsp3) is 1.00. The van der Waals surface area contributed by atoms with E-state index in [2.05, 4.69) is 5.32 Å². The van der Waals surface area contributed by atoms with Crippen LogP contribution in [-0.2, 0) is 4.74 Å². The Hall–Kier alpha value is 0.360. The first kappa shape index (κ1) is 10.4. The van der Waals surface area contributed by atoms with Gasteiger partial charge in [-0.2, -0.15) is 0 Å². The lowest BCUT2D eigenvalue weighted by molar-refractivity contribution is -0.146. The summed E-state index contributed by atoms with van der Waals surface area (Å²) in [5, 5.41) is 12.2. The molecule has 1 aliphatic heterocycles. The fourth-order valence-corrected chi connectivity index (χ4v) is 0.966.